The zero-order valence-corrected chi connectivity index (χ0v) is 21.4. The summed E-state index contributed by atoms with van der Waals surface area (Å²) in [6.07, 6.45) is 4.19. The fourth-order valence-corrected chi connectivity index (χ4v) is 4.61. The molecule has 11 nitrogen and oxygen atoms in total. The monoisotopic (exact) mass is 509 g/mol. The van der Waals surface area contributed by atoms with Crippen molar-refractivity contribution in [2.45, 2.75) is 52.2 Å². The van der Waals surface area contributed by atoms with E-state index in [1.165, 1.54) is 6.33 Å². The Labute approximate surface area is 214 Å². The molecule has 0 saturated carbocycles. The van der Waals surface area contributed by atoms with Gasteiger partial charge in [-0.05, 0) is 52.7 Å². The molecule has 0 bridgehead atoms. The largest absolute Gasteiger partial charge is 0.493 e. The van der Waals surface area contributed by atoms with Crippen molar-refractivity contribution in [1.82, 2.24) is 25.2 Å². The van der Waals surface area contributed by atoms with Crippen LogP contribution in [0.25, 0.3) is 22.3 Å². The van der Waals surface area contributed by atoms with Gasteiger partial charge in [-0.1, -0.05) is 0 Å². The van der Waals surface area contributed by atoms with E-state index in [0.717, 1.165) is 12.8 Å². The number of hydrogen-bond donors (Lipinski definition) is 2. The zero-order chi connectivity index (χ0) is 26.2. The third-order valence-electron chi connectivity index (χ3n) is 6.15. The summed E-state index contributed by atoms with van der Waals surface area (Å²) in [7, 11) is 0. The number of carbonyl (C=O) groups excluding carboxylic acids is 2. The number of aromatic nitrogens is 3. The highest BCUT2D eigenvalue weighted by molar-refractivity contribution is 6.08. The van der Waals surface area contributed by atoms with E-state index in [1.807, 2.05) is 33.8 Å². The number of fused-ring (bicyclic) bond motifs is 2. The Balaban J connectivity index is 1.40. The van der Waals surface area contributed by atoms with E-state index >= 15 is 0 Å². The molecule has 4 heterocycles. The second-order valence-corrected chi connectivity index (χ2v) is 9.99. The summed E-state index contributed by atoms with van der Waals surface area (Å²) in [6, 6.07) is 3.41. The molecule has 2 N–H and O–H groups in total. The molecule has 2 aliphatic rings. The topological polar surface area (TPSA) is 128 Å². The van der Waals surface area contributed by atoms with Gasteiger partial charge in [-0.15, -0.1) is 0 Å². The van der Waals surface area contributed by atoms with Gasteiger partial charge in [0.25, 0.3) is 5.91 Å². The molecule has 0 spiro atoms. The number of amides is 2. The number of rotatable bonds is 5. The highest BCUT2D eigenvalue weighted by Crippen LogP contribution is 2.47. The number of nitrogens with one attached hydrogen (secondary N) is 2. The number of aromatic amines is 1. The number of benzene rings is 1. The SMILES string of the molecule is CCOc1ccc2c(c1-c1ncnc3c(C(=O)N[C@@H]4CCCN(C(=O)OC(C)(C)C)C4)c[nH]c13)OCO2. The summed E-state index contributed by atoms with van der Waals surface area (Å²) in [4.78, 5) is 39.5. The first kappa shape index (κ1) is 24.7. The van der Waals surface area contributed by atoms with Gasteiger partial charge in [-0.25, -0.2) is 14.8 Å². The summed E-state index contributed by atoms with van der Waals surface area (Å²) >= 11 is 0. The van der Waals surface area contributed by atoms with E-state index in [-0.39, 0.29) is 24.8 Å². The maximum Gasteiger partial charge on any atom is 0.410 e. The number of piperidine rings is 1. The smallest absolute Gasteiger partial charge is 0.410 e. The summed E-state index contributed by atoms with van der Waals surface area (Å²) in [6.45, 7) is 8.95. The van der Waals surface area contributed by atoms with Crippen molar-refractivity contribution in [1.29, 1.82) is 0 Å². The Kier molecular flexibility index (Phi) is 6.53. The van der Waals surface area contributed by atoms with Crippen LogP contribution in [0.4, 0.5) is 4.79 Å². The van der Waals surface area contributed by atoms with Crippen molar-refractivity contribution < 1.29 is 28.5 Å². The average Bonchev–Trinajstić information content (AvgIpc) is 3.50. The Morgan fingerprint density at radius 2 is 2.08 bits per heavy atom. The third-order valence-corrected chi connectivity index (χ3v) is 6.15. The van der Waals surface area contributed by atoms with Gasteiger partial charge in [0.15, 0.2) is 11.5 Å². The number of ether oxygens (including phenoxy) is 4. The minimum atomic E-state index is -0.577. The molecule has 1 atom stereocenters. The van der Waals surface area contributed by atoms with Crippen LogP contribution in [0.1, 0.15) is 50.9 Å². The van der Waals surface area contributed by atoms with E-state index in [1.54, 1.807) is 17.2 Å². The van der Waals surface area contributed by atoms with Crippen molar-refractivity contribution in [3.05, 3.63) is 30.2 Å². The van der Waals surface area contributed by atoms with Gasteiger partial charge in [-0.3, -0.25) is 4.79 Å². The van der Waals surface area contributed by atoms with Crippen molar-refractivity contribution >= 4 is 23.0 Å². The summed E-state index contributed by atoms with van der Waals surface area (Å²) in [5.41, 5.74) is 2.04. The standard InChI is InChI=1S/C26H31N5O6/c1-5-34-17-8-9-18-23(36-14-35-18)19(17)21-22-20(28-13-29-21)16(11-27-22)24(32)30-15-7-6-10-31(12-15)25(33)37-26(2,3)4/h8-9,11,13,15,27H,5-7,10,12,14H2,1-4H3,(H,30,32)/t15-/m1/s1. The van der Waals surface area contributed by atoms with Gasteiger partial charge in [0.2, 0.25) is 6.79 Å². The molecule has 1 aromatic carbocycles. The lowest BCUT2D eigenvalue weighted by molar-refractivity contribution is 0.0185. The number of carbonyl (C=O) groups is 2. The van der Waals surface area contributed by atoms with Gasteiger partial charge in [0.1, 0.15) is 28.9 Å². The fraction of sp³-hybridized carbons (Fsp3) is 0.462. The van der Waals surface area contributed by atoms with Gasteiger partial charge >= 0.3 is 6.09 Å². The average molecular weight is 510 g/mol. The lowest BCUT2D eigenvalue weighted by Crippen LogP contribution is -2.50. The van der Waals surface area contributed by atoms with Crippen LogP contribution in [0.3, 0.4) is 0 Å². The van der Waals surface area contributed by atoms with Gasteiger partial charge in [0.05, 0.1) is 23.3 Å². The van der Waals surface area contributed by atoms with Crippen LogP contribution in [0.15, 0.2) is 24.7 Å². The van der Waals surface area contributed by atoms with Crippen molar-refractivity contribution in [2.24, 2.45) is 0 Å². The van der Waals surface area contributed by atoms with E-state index in [2.05, 4.69) is 20.3 Å². The molecule has 11 heteroatoms. The van der Waals surface area contributed by atoms with E-state index in [4.69, 9.17) is 18.9 Å². The highest BCUT2D eigenvalue weighted by atomic mass is 16.7. The molecule has 2 amide bonds. The molecule has 1 saturated heterocycles. The van der Waals surface area contributed by atoms with E-state index in [9.17, 15) is 9.59 Å². The predicted molar refractivity (Wildman–Crippen MR) is 135 cm³/mol. The second-order valence-electron chi connectivity index (χ2n) is 9.99. The third kappa shape index (κ3) is 4.98. The van der Waals surface area contributed by atoms with Gasteiger partial charge in [0, 0.05) is 25.3 Å². The van der Waals surface area contributed by atoms with Crippen LogP contribution in [-0.2, 0) is 4.74 Å². The molecular formula is C26H31N5O6. The van der Waals surface area contributed by atoms with Crippen LogP contribution in [-0.4, -0.2) is 70.0 Å². The van der Waals surface area contributed by atoms with Crippen molar-refractivity contribution in [2.75, 3.05) is 26.5 Å². The normalized spacial score (nSPS) is 17.1. The molecule has 1 fully saturated rings. The first-order chi connectivity index (χ1) is 17.7. The molecular weight excluding hydrogens is 478 g/mol. The Morgan fingerprint density at radius 3 is 2.86 bits per heavy atom. The summed E-state index contributed by atoms with van der Waals surface area (Å²) in [5.74, 6) is 1.45. The minimum absolute atomic E-state index is 0.103. The first-order valence-electron chi connectivity index (χ1n) is 12.4. The molecule has 5 rings (SSSR count). The van der Waals surface area contributed by atoms with Crippen molar-refractivity contribution in [3.8, 4) is 28.5 Å². The summed E-state index contributed by atoms with van der Waals surface area (Å²) < 4.78 is 22.6. The van der Waals surface area contributed by atoms with Crippen LogP contribution in [0.2, 0.25) is 0 Å². The fourth-order valence-electron chi connectivity index (χ4n) is 4.61. The van der Waals surface area contributed by atoms with Crippen LogP contribution in [0.5, 0.6) is 17.2 Å². The van der Waals surface area contributed by atoms with Crippen LogP contribution < -0.4 is 19.5 Å². The Morgan fingerprint density at radius 1 is 1.24 bits per heavy atom. The lowest BCUT2D eigenvalue weighted by Gasteiger charge is -2.34. The Hall–Kier alpha value is -4.02. The van der Waals surface area contributed by atoms with Gasteiger partial charge < -0.3 is 34.1 Å². The molecule has 0 radical (unpaired) electrons. The number of likely N-dealkylation sites (tertiary alicyclic amines) is 1. The van der Waals surface area contributed by atoms with Crippen LogP contribution >= 0.6 is 0 Å². The number of H-pyrrole nitrogens is 1. The zero-order valence-electron chi connectivity index (χ0n) is 21.4. The molecule has 3 aromatic rings. The van der Waals surface area contributed by atoms with Crippen LogP contribution in [0, 0.1) is 0 Å². The molecule has 0 unspecified atom stereocenters. The second kappa shape index (κ2) is 9.79. The highest BCUT2D eigenvalue weighted by Gasteiger charge is 2.30. The Bertz CT molecular complexity index is 1330. The maximum absolute atomic E-state index is 13.3. The first-order valence-corrected chi connectivity index (χ1v) is 12.4. The predicted octanol–water partition coefficient (Wildman–Crippen LogP) is 3.88. The van der Waals surface area contributed by atoms with Crippen molar-refractivity contribution in [3.63, 3.8) is 0 Å². The molecule has 196 valence electrons. The minimum Gasteiger partial charge on any atom is -0.493 e. The molecule has 0 aliphatic carbocycles. The van der Waals surface area contributed by atoms with E-state index in [0.29, 0.717) is 64.8 Å². The van der Waals surface area contributed by atoms with E-state index < -0.39 is 5.60 Å². The van der Waals surface area contributed by atoms with Gasteiger partial charge in [-0.2, -0.15) is 0 Å². The maximum atomic E-state index is 13.3. The number of nitrogens with zero attached hydrogens (tertiary/aromatic N) is 3. The summed E-state index contributed by atoms with van der Waals surface area (Å²) in [5, 5.41) is 3.06. The molecule has 2 aliphatic heterocycles. The number of hydrogen-bond acceptors (Lipinski definition) is 8. The molecule has 2 aromatic heterocycles. The quantitative estimate of drug-likeness (QED) is 0.530. The lowest BCUT2D eigenvalue weighted by atomic mass is 10.0. The molecule has 37 heavy (non-hydrogen) atoms.